The molecule has 12 heavy (non-hydrogen) atoms. The average molecular weight is 168 g/mol. The number of Topliss-reactive ketones (excluding diaryl/α,β-unsaturated/α-hetero) is 1. The summed E-state index contributed by atoms with van der Waals surface area (Å²) < 4.78 is 0. The summed E-state index contributed by atoms with van der Waals surface area (Å²) >= 11 is 0. The molecule has 0 saturated heterocycles. The molecule has 0 rings (SSSR count). The Morgan fingerprint density at radius 2 is 1.92 bits per heavy atom. The van der Waals surface area contributed by atoms with Gasteiger partial charge in [-0.25, -0.2) is 0 Å². The van der Waals surface area contributed by atoms with Gasteiger partial charge in [0.25, 0.3) is 0 Å². The number of hydrogen-bond donors (Lipinski definition) is 0. The van der Waals surface area contributed by atoms with Crippen molar-refractivity contribution in [1.29, 1.82) is 0 Å². The Morgan fingerprint density at radius 1 is 1.25 bits per heavy atom. The lowest BCUT2D eigenvalue weighted by Gasteiger charge is -1.92. The molecule has 3 heteroatoms. The van der Waals surface area contributed by atoms with Gasteiger partial charge in [0.1, 0.15) is 0 Å². The summed E-state index contributed by atoms with van der Waals surface area (Å²) in [5.41, 5.74) is 8.82. The molecule has 68 valence electrons. The Morgan fingerprint density at radius 3 is 2.33 bits per heavy atom. The molecule has 0 aromatic heterocycles. The fraction of sp³-hybridized carbons (Fsp3) is 0.778. The van der Waals surface area contributed by atoms with Crippen LogP contribution >= 0.6 is 0 Å². The maximum absolute atomic E-state index is 11.2. The molecule has 0 saturated carbocycles. The van der Waals surface area contributed by atoms with E-state index in [0.717, 1.165) is 19.3 Å². The monoisotopic (exact) mass is 168 g/mol. The number of nitrogens with zero attached hydrogens (tertiary/aromatic N) is 2. The normalized spacial score (nSPS) is 9.17. The minimum atomic E-state index is -0.0128. The zero-order chi connectivity index (χ0) is 9.40. The molecule has 0 aliphatic heterocycles. The third kappa shape index (κ3) is 4.04. The van der Waals surface area contributed by atoms with Crippen LogP contribution in [0.5, 0.6) is 0 Å². The van der Waals surface area contributed by atoms with Gasteiger partial charge >= 0.3 is 5.71 Å². The molecule has 0 aromatic rings. The summed E-state index contributed by atoms with van der Waals surface area (Å²) in [7, 11) is 0. The van der Waals surface area contributed by atoms with Gasteiger partial charge in [-0.05, 0) is 12.8 Å². The quantitative estimate of drug-likeness (QED) is 0.341. The number of hydrogen-bond acceptors (Lipinski definition) is 1. The summed E-state index contributed by atoms with van der Waals surface area (Å²) in [5.74, 6) is -0.0128. The van der Waals surface area contributed by atoms with Gasteiger partial charge in [-0.15, -0.1) is 0 Å². The smallest absolute Gasteiger partial charge is 0.334 e. The molecule has 0 atom stereocenters. The number of ketones is 1. The minimum Gasteiger partial charge on any atom is -0.361 e. The predicted octanol–water partition coefficient (Wildman–Crippen LogP) is 2.22. The SMILES string of the molecule is CCCCC(=O)C(CCC)=[N+]=[N-]. The standard InChI is InChI=1S/C9H16N2O/c1-3-5-7-9(12)8(11-10)6-4-2/h3-7H2,1-2H3. The van der Waals surface area contributed by atoms with E-state index in [0.29, 0.717) is 18.6 Å². The van der Waals surface area contributed by atoms with Crippen LogP contribution in [0.25, 0.3) is 5.53 Å². The Kier molecular flexibility index (Phi) is 6.21. The Bertz CT molecular complexity index is 193. The first-order valence-electron chi connectivity index (χ1n) is 4.50. The van der Waals surface area contributed by atoms with Crippen LogP contribution in [0.4, 0.5) is 0 Å². The van der Waals surface area contributed by atoms with Crippen molar-refractivity contribution in [2.45, 2.75) is 46.0 Å². The van der Waals surface area contributed by atoms with Crippen molar-refractivity contribution in [2.75, 3.05) is 0 Å². The van der Waals surface area contributed by atoms with E-state index in [4.69, 9.17) is 5.53 Å². The molecule has 3 nitrogen and oxygen atoms in total. The van der Waals surface area contributed by atoms with Crippen molar-refractivity contribution >= 4 is 11.5 Å². The van der Waals surface area contributed by atoms with Crippen LogP contribution in [0.15, 0.2) is 0 Å². The maximum Gasteiger partial charge on any atom is 0.334 e. The first-order valence-corrected chi connectivity index (χ1v) is 4.50. The topological polar surface area (TPSA) is 53.5 Å². The van der Waals surface area contributed by atoms with Crippen molar-refractivity contribution < 1.29 is 9.58 Å². The Balaban J connectivity index is 3.96. The number of carbonyl (C=O) groups excluding carboxylic acids is 1. The molecule has 0 bridgehead atoms. The van der Waals surface area contributed by atoms with E-state index < -0.39 is 0 Å². The zero-order valence-corrected chi connectivity index (χ0v) is 7.84. The molecule has 0 amide bonds. The predicted molar refractivity (Wildman–Crippen MR) is 48.1 cm³/mol. The van der Waals surface area contributed by atoms with Crippen LogP contribution in [0.1, 0.15) is 46.0 Å². The third-order valence-electron chi connectivity index (χ3n) is 1.69. The van der Waals surface area contributed by atoms with Crippen molar-refractivity contribution in [1.82, 2.24) is 0 Å². The van der Waals surface area contributed by atoms with Crippen molar-refractivity contribution in [3.63, 3.8) is 0 Å². The van der Waals surface area contributed by atoms with E-state index in [1.807, 2.05) is 13.8 Å². The highest BCUT2D eigenvalue weighted by Crippen LogP contribution is 1.99. The number of rotatable bonds is 6. The average Bonchev–Trinajstić information content (AvgIpc) is 2.10. The van der Waals surface area contributed by atoms with E-state index in [1.165, 1.54) is 0 Å². The highest BCUT2D eigenvalue weighted by molar-refractivity contribution is 6.37. The first kappa shape index (κ1) is 11.1. The van der Waals surface area contributed by atoms with Gasteiger partial charge in [-0.3, -0.25) is 4.79 Å². The van der Waals surface area contributed by atoms with Crippen LogP contribution in [0.2, 0.25) is 0 Å². The molecule has 0 heterocycles. The molecule has 0 aliphatic rings. The van der Waals surface area contributed by atoms with Crippen molar-refractivity contribution in [3.05, 3.63) is 5.53 Å². The first-order chi connectivity index (χ1) is 5.76. The lowest BCUT2D eigenvalue weighted by atomic mass is 10.1. The van der Waals surface area contributed by atoms with Crippen LogP contribution in [0.3, 0.4) is 0 Å². The fourth-order valence-corrected chi connectivity index (χ4v) is 0.964. The molecule has 0 aromatic carbocycles. The highest BCUT2D eigenvalue weighted by atomic mass is 16.1. The third-order valence-corrected chi connectivity index (χ3v) is 1.69. The minimum absolute atomic E-state index is 0.0128. The van der Waals surface area contributed by atoms with E-state index in [1.54, 1.807) is 0 Å². The summed E-state index contributed by atoms with van der Waals surface area (Å²) in [5, 5.41) is 0. The second-order valence-electron chi connectivity index (χ2n) is 2.82. The number of carbonyl (C=O) groups is 1. The van der Waals surface area contributed by atoms with E-state index in [-0.39, 0.29) is 5.78 Å². The summed E-state index contributed by atoms with van der Waals surface area (Å²) in [4.78, 5) is 14.2. The molecule has 0 aliphatic carbocycles. The van der Waals surface area contributed by atoms with Gasteiger partial charge in [0.05, 0.1) is 6.42 Å². The van der Waals surface area contributed by atoms with Crippen LogP contribution in [0, 0.1) is 0 Å². The lowest BCUT2D eigenvalue weighted by Crippen LogP contribution is -2.14. The summed E-state index contributed by atoms with van der Waals surface area (Å²) in [6.45, 7) is 3.99. The van der Waals surface area contributed by atoms with Gasteiger partial charge in [-0.1, -0.05) is 20.3 Å². The van der Waals surface area contributed by atoms with Crippen LogP contribution in [-0.2, 0) is 4.79 Å². The van der Waals surface area contributed by atoms with Crippen LogP contribution in [-0.4, -0.2) is 16.3 Å². The highest BCUT2D eigenvalue weighted by Gasteiger charge is 2.16. The van der Waals surface area contributed by atoms with Gasteiger partial charge in [0.15, 0.2) is 0 Å². The van der Waals surface area contributed by atoms with Crippen molar-refractivity contribution in [3.8, 4) is 0 Å². The second kappa shape index (κ2) is 6.74. The molecular weight excluding hydrogens is 152 g/mol. The van der Waals surface area contributed by atoms with Gasteiger partial charge < -0.3 is 5.53 Å². The van der Waals surface area contributed by atoms with E-state index in [9.17, 15) is 4.79 Å². The van der Waals surface area contributed by atoms with E-state index >= 15 is 0 Å². The van der Waals surface area contributed by atoms with Gasteiger partial charge in [0.2, 0.25) is 5.78 Å². The Hall–Kier alpha value is -0.950. The molecule has 0 unspecified atom stereocenters. The van der Waals surface area contributed by atoms with Crippen LogP contribution < -0.4 is 0 Å². The molecule has 0 spiro atoms. The lowest BCUT2D eigenvalue weighted by molar-refractivity contribution is -0.117. The molecule has 0 radical (unpaired) electrons. The maximum atomic E-state index is 11.2. The largest absolute Gasteiger partial charge is 0.361 e. The van der Waals surface area contributed by atoms with Gasteiger partial charge in [0, 0.05) is 6.42 Å². The zero-order valence-electron chi connectivity index (χ0n) is 7.84. The Labute approximate surface area is 73.4 Å². The van der Waals surface area contributed by atoms with Gasteiger partial charge in [-0.2, -0.15) is 4.79 Å². The molecular formula is C9H16N2O. The fourth-order valence-electron chi connectivity index (χ4n) is 0.964. The molecule has 0 fully saturated rings. The molecule has 0 N–H and O–H groups in total. The van der Waals surface area contributed by atoms with E-state index in [2.05, 4.69) is 4.79 Å². The summed E-state index contributed by atoms with van der Waals surface area (Å²) in [6, 6.07) is 0. The second-order valence-corrected chi connectivity index (χ2v) is 2.82. The van der Waals surface area contributed by atoms with Crippen molar-refractivity contribution in [2.24, 2.45) is 0 Å². The summed E-state index contributed by atoms with van der Waals surface area (Å²) in [6.07, 6.45) is 3.81. The number of unbranched alkanes of at least 4 members (excludes halogenated alkanes) is 1.